The average Bonchev–Trinajstić information content (AvgIpc) is 1.65. The van der Waals surface area contributed by atoms with Crippen molar-refractivity contribution in [2.45, 2.75) is 0 Å². The van der Waals surface area contributed by atoms with Crippen LogP contribution in [0, 0.1) is 5.41 Å². The minimum absolute atomic E-state index is 0.111. The predicted molar refractivity (Wildman–Crippen MR) is 28.4 cm³/mol. The Hall–Kier alpha value is -1.19. The Bertz CT molecular complexity index is 104. The van der Waals surface area contributed by atoms with Crippen molar-refractivity contribution in [2.75, 3.05) is 0 Å². The summed E-state index contributed by atoms with van der Waals surface area (Å²) in [6, 6.07) is 0. The fourth-order valence-corrected chi connectivity index (χ4v) is 0.0898. The van der Waals surface area contributed by atoms with Crippen LogP contribution in [0.2, 0.25) is 0 Å². The lowest BCUT2D eigenvalue weighted by Gasteiger charge is -1.90. The molecule has 0 rings (SSSR count). The van der Waals surface area contributed by atoms with Crippen molar-refractivity contribution in [2.24, 2.45) is 17.2 Å². The van der Waals surface area contributed by atoms with Crippen LogP contribution in [-0.2, 0) is 0 Å². The highest BCUT2D eigenvalue weighted by atomic mass is 14.8. The van der Waals surface area contributed by atoms with E-state index in [1.54, 1.807) is 0 Å². The van der Waals surface area contributed by atoms with E-state index in [4.69, 9.17) is 22.6 Å². The van der Waals surface area contributed by atoms with Crippen LogP contribution in [0.25, 0.3) is 0 Å². The maximum absolute atomic E-state index is 6.60. The molecule has 0 aliphatic rings. The molecule has 4 nitrogen and oxygen atoms in total. The first-order valence-electron chi connectivity index (χ1n) is 1.70. The molecular weight excluding hydrogens is 92.1 g/mol. The molecule has 0 aliphatic heterocycles. The van der Waals surface area contributed by atoms with E-state index in [2.05, 4.69) is 0 Å². The quantitative estimate of drug-likeness (QED) is 0.243. The Labute approximate surface area is 41.5 Å². The molecule has 0 amide bonds. The van der Waals surface area contributed by atoms with Gasteiger partial charge in [-0.15, -0.1) is 0 Å². The minimum Gasteiger partial charge on any atom is -0.403 e. The molecule has 0 spiro atoms. The lowest BCUT2D eigenvalue weighted by atomic mass is 10.5. The zero-order valence-electron chi connectivity index (χ0n) is 3.81. The van der Waals surface area contributed by atoms with Gasteiger partial charge in [0.1, 0.15) is 5.84 Å². The van der Waals surface area contributed by atoms with Crippen LogP contribution in [0.15, 0.2) is 11.9 Å². The van der Waals surface area contributed by atoms with Gasteiger partial charge in [0.05, 0.1) is 5.70 Å². The van der Waals surface area contributed by atoms with Crippen LogP contribution in [0.5, 0.6) is 0 Å². The van der Waals surface area contributed by atoms with Crippen LogP contribution in [-0.4, -0.2) is 5.84 Å². The highest BCUT2D eigenvalue weighted by Gasteiger charge is 1.86. The molecule has 7 heavy (non-hydrogen) atoms. The molecule has 0 aromatic heterocycles. The third-order valence-electron chi connectivity index (χ3n) is 0.491. The van der Waals surface area contributed by atoms with Gasteiger partial charge in [0, 0.05) is 6.20 Å². The van der Waals surface area contributed by atoms with Crippen molar-refractivity contribution >= 4 is 5.84 Å². The Morgan fingerprint density at radius 2 is 1.86 bits per heavy atom. The topological polar surface area (TPSA) is 102 Å². The molecule has 0 saturated carbocycles. The molecule has 0 bridgehead atoms. The van der Waals surface area contributed by atoms with E-state index in [-0.39, 0.29) is 11.5 Å². The van der Waals surface area contributed by atoms with Crippen LogP contribution >= 0.6 is 0 Å². The molecule has 0 aliphatic carbocycles. The molecule has 0 atom stereocenters. The molecule has 0 radical (unpaired) electrons. The summed E-state index contributed by atoms with van der Waals surface area (Å²) in [5, 5.41) is 6.60. The lowest BCUT2D eigenvalue weighted by molar-refractivity contribution is 1.32. The van der Waals surface area contributed by atoms with E-state index in [0.29, 0.717) is 0 Å². The van der Waals surface area contributed by atoms with Crippen molar-refractivity contribution in [1.29, 1.82) is 5.41 Å². The summed E-state index contributed by atoms with van der Waals surface area (Å²) in [4.78, 5) is 0. The molecule has 0 saturated heterocycles. The second-order valence-electron chi connectivity index (χ2n) is 1.04. The Morgan fingerprint density at radius 3 is 1.86 bits per heavy atom. The zero-order chi connectivity index (χ0) is 5.86. The van der Waals surface area contributed by atoms with Gasteiger partial charge in [0.2, 0.25) is 0 Å². The summed E-state index contributed by atoms with van der Waals surface area (Å²) in [7, 11) is 0. The second kappa shape index (κ2) is 2.07. The van der Waals surface area contributed by atoms with Gasteiger partial charge in [-0.3, -0.25) is 5.41 Å². The van der Waals surface area contributed by atoms with Crippen LogP contribution in [0.1, 0.15) is 0 Å². The number of hydrogen-bond donors (Lipinski definition) is 4. The SMILES string of the molecule is N=C(N)C(N)=CN. The third-order valence-corrected chi connectivity index (χ3v) is 0.491. The Kier molecular flexibility index (Phi) is 1.72. The highest BCUT2D eigenvalue weighted by molar-refractivity contribution is 5.93. The number of hydrogen-bond acceptors (Lipinski definition) is 3. The summed E-state index contributed by atoms with van der Waals surface area (Å²) in [6.07, 6.45) is 1.09. The molecule has 0 aromatic carbocycles. The van der Waals surface area contributed by atoms with Crippen molar-refractivity contribution < 1.29 is 0 Å². The van der Waals surface area contributed by atoms with Gasteiger partial charge in [0.25, 0.3) is 0 Å². The third kappa shape index (κ3) is 1.64. The minimum atomic E-state index is -0.192. The van der Waals surface area contributed by atoms with Gasteiger partial charge in [-0.25, -0.2) is 0 Å². The number of rotatable bonds is 1. The second-order valence-corrected chi connectivity index (χ2v) is 1.04. The molecule has 0 fully saturated rings. The van der Waals surface area contributed by atoms with Gasteiger partial charge in [-0.2, -0.15) is 0 Å². The number of nitrogens with one attached hydrogen (secondary N) is 1. The average molecular weight is 100 g/mol. The smallest absolute Gasteiger partial charge is 0.140 e. The summed E-state index contributed by atoms with van der Waals surface area (Å²) >= 11 is 0. The highest BCUT2D eigenvalue weighted by Crippen LogP contribution is 1.71. The number of amidine groups is 1. The van der Waals surface area contributed by atoms with Gasteiger partial charge in [-0.05, 0) is 0 Å². The zero-order valence-corrected chi connectivity index (χ0v) is 3.81. The first-order valence-corrected chi connectivity index (χ1v) is 1.70. The molecule has 4 heteroatoms. The van der Waals surface area contributed by atoms with Gasteiger partial charge < -0.3 is 17.2 Å². The van der Waals surface area contributed by atoms with Gasteiger partial charge in [0.15, 0.2) is 0 Å². The summed E-state index contributed by atoms with van der Waals surface area (Å²) in [6.45, 7) is 0. The van der Waals surface area contributed by atoms with E-state index >= 15 is 0 Å². The van der Waals surface area contributed by atoms with Crippen LogP contribution < -0.4 is 17.2 Å². The molecular formula is C3H8N4. The fourth-order valence-electron chi connectivity index (χ4n) is 0.0898. The first-order chi connectivity index (χ1) is 3.18. The molecule has 0 unspecified atom stereocenters. The first kappa shape index (κ1) is 5.81. The van der Waals surface area contributed by atoms with Crippen molar-refractivity contribution in [3.8, 4) is 0 Å². The van der Waals surface area contributed by atoms with Gasteiger partial charge in [-0.1, -0.05) is 0 Å². The normalized spacial score (nSPS) is 11.1. The van der Waals surface area contributed by atoms with Gasteiger partial charge >= 0.3 is 0 Å². The summed E-state index contributed by atoms with van der Waals surface area (Å²) < 4.78 is 0. The maximum Gasteiger partial charge on any atom is 0.140 e. The standard InChI is InChI=1S/C3H8N4/c4-1-2(5)3(6)7/h1H,4-5H2,(H3,6,7). The molecule has 40 valence electrons. The van der Waals surface area contributed by atoms with Crippen molar-refractivity contribution in [1.82, 2.24) is 0 Å². The monoisotopic (exact) mass is 100 g/mol. The number of nitrogens with two attached hydrogens (primary N) is 3. The summed E-state index contributed by atoms with van der Waals surface area (Å²) in [5.74, 6) is -0.192. The maximum atomic E-state index is 6.60. The lowest BCUT2D eigenvalue weighted by Crippen LogP contribution is -2.20. The van der Waals surface area contributed by atoms with E-state index in [0.717, 1.165) is 6.20 Å². The molecule has 0 heterocycles. The van der Waals surface area contributed by atoms with E-state index in [1.807, 2.05) is 0 Å². The molecule has 7 N–H and O–H groups in total. The largest absolute Gasteiger partial charge is 0.403 e. The fraction of sp³-hybridized carbons (Fsp3) is 0. The Morgan fingerprint density at radius 1 is 1.43 bits per heavy atom. The van der Waals surface area contributed by atoms with E-state index in [1.165, 1.54) is 0 Å². The van der Waals surface area contributed by atoms with E-state index in [9.17, 15) is 0 Å². The van der Waals surface area contributed by atoms with Crippen LogP contribution in [0.4, 0.5) is 0 Å². The molecule has 0 aromatic rings. The van der Waals surface area contributed by atoms with E-state index < -0.39 is 0 Å². The summed E-state index contributed by atoms with van der Waals surface area (Å²) in [5.41, 5.74) is 14.8. The van der Waals surface area contributed by atoms with Crippen molar-refractivity contribution in [3.05, 3.63) is 11.9 Å². The Balaban J connectivity index is 3.82. The predicted octanol–water partition coefficient (Wildman–Crippen LogP) is -1.32. The van der Waals surface area contributed by atoms with Crippen LogP contribution in [0.3, 0.4) is 0 Å². The van der Waals surface area contributed by atoms with Crippen molar-refractivity contribution in [3.63, 3.8) is 0 Å².